The molecule has 3 heteroatoms. The first-order valence-electron chi connectivity index (χ1n) is 8.57. The van der Waals surface area contributed by atoms with Crippen LogP contribution in [0.4, 0.5) is 0 Å². The average Bonchev–Trinajstić information content (AvgIpc) is 2.57. The predicted molar refractivity (Wildman–Crippen MR) is 89.0 cm³/mol. The van der Waals surface area contributed by atoms with E-state index >= 15 is 0 Å². The van der Waals surface area contributed by atoms with Gasteiger partial charge in [0.05, 0.1) is 17.4 Å². The maximum atomic E-state index is 13.8. The van der Waals surface area contributed by atoms with Crippen molar-refractivity contribution >= 4 is 7.37 Å². The largest absolute Gasteiger partial charge is 0.320 e. The predicted octanol–water partition coefficient (Wildman–Crippen LogP) is 5.61. The molecule has 0 amide bonds. The fourth-order valence-corrected chi connectivity index (χ4v) is 6.88. The monoisotopic (exact) mass is 306 g/mol. The second-order valence-corrected chi connectivity index (χ2v) is 9.33. The van der Waals surface area contributed by atoms with Crippen molar-refractivity contribution < 1.29 is 9.09 Å². The molecule has 3 rings (SSSR count). The van der Waals surface area contributed by atoms with E-state index < -0.39 is 7.37 Å². The number of hydrogen-bond acceptors (Lipinski definition) is 2. The molecule has 116 valence electrons. The molecule has 0 saturated carbocycles. The van der Waals surface area contributed by atoms with Gasteiger partial charge in [0.2, 0.25) is 7.37 Å². The molecule has 0 aromatic carbocycles. The Hall–Kier alpha value is -0.590. The third kappa shape index (κ3) is 3.60. The molecule has 21 heavy (non-hydrogen) atoms. The van der Waals surface area contributed by atoms with E-state index in [9.17, 15) is 4.57 Å². The van der Waals surface area contributed by atoms with E-state index in [1.54, 1.807) is 0 Å². The van der Waals surface area contributed by atoms with Crippen molar-refractivity contribution in [3.05, 3.63) is 36.5 Å². The summed E-state index contributed by atoms with van der Waals surface area (Å²) >= 11 is 0. The van der Waals surface area contributed by atoms with E-state index in [0.29, 0.717) is 0 Å². The normalized spacial score (nSPS) is 35.5. The molecule has 0 aliphatic heterocycles. The minimum absolute atomic E-state index is 0.0650. The molecular formula is C18H27O2P. The zero-order valence-corrected chi connectivity index (χ0v) is 13.7. The van der Waals surface area contributed by atoms with Gasteiger partial charge in [0.15, 0.2) is 0 Å². The van der Waals surface area contributed by atoms with Crippen LogP contribution in [0.3, 0.4) is 0 Å². The maximum Gasteiger partial charge on any atom is 0.216 e. The summed E-state index contributed by atoms with van der Waals surface area (Å²) in [5.74, 6) is 0. The van der Waals surface area contributed by atoms with E-state index in [2.05, 4.69) is 36.5 Å². The van der Waals surface area contributed by atoms with E-state index in [1.807, 2.05) is 0 Å². The third-order valence-electron chi connectivity index (χ3n) is 4.89. The average molecular weight is 306 g/mol. The van der Waals surface area contributed by atoms with Gasteiger partial charge in [-0.05, 0) is 57.8 Å². The lowest BCUT2D eigenvalue weighted by Crippen LogP contribution is -2.24. The number of rotatable bonds is 4. The summed E-state index contributed by atoms with van der Waals surface area (Å²) in [6, 6.07) is 0. The van der Waals surface area contributed by atoms with E-state index in [4.69, 9.17) is 4.52 Å². The van der Waals surface area contributed by atoms with Crippen LogP contribution >= 0.6 is 7.37 Å². The minimum atomic E-state index is -2.66. The fraction of sp³-hybridized carbons (Fsp3) is 0.667. The summed E-state index contributed by atoms with van der Waals surface area (Å²) < 4.78 is 20.2. The van der Waals surface area contributed by atoms with Crippen molar-refractivity contribution in [2.45, 2.75) is 75.2 Å². The van der Waals surface area contributed by atoms with Crippen molar-refractivity contribution in [2.24, 2.45) is 0 Å². The van der Waals surface area contributed by atoms with Crippen molar-refractivity contribution in [2.75, 3.05) is 0 Å². The Morgan fingerprint density at radius 1 is 0.762 bits per heavy atom. The summed E-state index contributed by atoms with van der Waals surface area (Å²) in [7, 11) is -2.66. The van der Waals surface area contributed by atoms with Gasteiger partial charge in [-0.2, -0.15) is 0 Å². The van der Waals surface area contributed by atoms with Crippen molar-refractivity contribution in [1.29, 1.82) is 0 Å². The lowest BCUT2D eigenvalue weighted by atomic mass is 10.1. The number of allylic oxidation sites excluding steroid dienone is 5. The van der Waals surface area contributed by atoms with Gasteiger partial charge in [-0.15, -0.1) is 0 Å². The molecule has 3 aliphatic rings. The summed E-state index contributed by atoms with van der Waals surface area (Å²) in [5.41, 5.74) is 0.267. The first-order valence-corrected chi connectivity index (χ1v) is 10.3. The molecule has 0 aromatic heterocycles. The molecule has 3 atom stereocenters. The maximum absolute atomic E-state index is 13.8. The smallest absolute Gasteiger partial charge is 0.216 e. The molecule has 0 saturated heterocycles. The summed E-state index contributed by atoms with van der Waals surface area (Å²) in [6.07, 6.45) is 23.0. The van der Waals surface area contributed by atoms with Crippen LogP contribution in [-0.2, 0) is 9.09 Å². The lowest BCUT2D eigenvalue weighted by Gasteiger charge is -2.36. The Morgan fingerprint density at radius 2 is 1.29 bits per heavy atom. The Kier molecular flexibility index (Phi) is 5.19. The van der Waals surface area contributed by atoms with Crippen LogP contribution < -0.4 is 0 Å². The molecule has 0 radical (unpaired) electrons. The third-order valence-corrected chi connectivity index (χ3v) is 8.20. The first-order chi connectivity index (χ1) is 10.3. The molecule has 0 bridgehead atoms. The molecule has 0 heterocycles. The topological polar surface area (TPSA) is 26.3 Å². The Morgan fingerprint density at radius 3 is 1.71 bits per heavy atom. The first kappa shape index (κ1) is 15.3. The van der Waals surface area contributed by atoms with Crippen LogP contribution in [0.15, 0.2) is 36.5 Å². The second kappa shape index (κ2) is 7.11. The second-order valence-electron chi connectivity index (χ2n) is 6.50. The van der Waals surface area contributed by atoms with Gasteiger partial charge in [0, 0.05) is 0 Å². The highest BCUT2D eigenvalue weighted by molar-refractivity contribution is 7.61. The Bertz CT molecular complexity index is 450. The number of hydrogen-bond donors (Lipinski definition) is 0. The van der Waals surface area contributed by atoms with Gasteiger partial charge in [0.1, 0.15) is 0 Å². The molecule has 2 nitrogen and oxygen atoms in total. The molecular weight excluding hydrogens is 279 g/mol. The Balaban J connectivity index is 1.83. The van der Waals surface area contributed by atoms with Crippen LogP contribution in [0.5, 0.6) is 0 Å². The molecule has 0 spiro atoms. The standard InChI is InChI=1S/C18H27O2P/c19-21(17-12-6-2-7-13-17,18-14-8-3-9-15-18)20-16-10-4-1-5-11-16/h4,6,8,10,12,14,16-18H,1-3,5,7,9,11,13,15H2. The van der Waals surface area contributed by atoms with Gasteiger partial charge in [-0.25, -0.2) is 0 Å². The van der Waals surface area contributed by atoms with E-state index in [1.165, 1.54) is 0 Å². The molecule has 3 unspecified atom stereocenters. The molecule has 0 aromatic rings. The lowest BCUT2D eigenvalue weighted by molar-refractivity contribution is 0.224. The summed E-state index contributed by atoms with van der Waals surface area (Å²) in [4.78, 5) is 0. The SMILES string of the molecule is O=P(OC1C=CCCC1)(C1C=CCCC1)C1C=CCCC1. The van der Waals surface area contributed by atoms with Gasteiger partial charge in [0.25, 0.3) is 0 Å². The van der Waals surface area contributed by atoms with Gasteiger partial charge >= 0.3 is 0 Å². The zero-order chi connectivity index (χ0) is 14.5. The fourth-order valence-electron chi connectivity index (χ4n) is 3.67. The van der Waals surface area contributed by atoms with E-state index in [-0.39, 0.29) is 17.4 Å². The quantitative estimate of drug-likeness (QED) is 0.498. The summed E-state index contributed by atoms with van der Waals surface area (Å²) in [6.45, 7) is 0. The van der Waals surface area contributed by atoms with E-state index in [0.717, 1.165) is 57.8 Å². The van der Waals surface area contributed by atoms with Gasteiger partial charge in [-0.3, -0.25) is 4.57 Å². The minimum Gasteiger partial charge on any atom is -0.320 e. The molecule has 0 fully saturated rings. The van der Waals surface area contributed by atoms with Crippen LogP contribution in [-0.4, -0.2) is 17.4 Å². The Labute approximate surface area is 128 Å². The van der Waals surface area contributed by atoms with Crippen LogP contribution in [0.2, 0.25) is 0 Å². The van der Waals surface area contributed by atoms with Crippen LogP contribution in [0.25, 0.3) is 0 Å². The summed E-state index contributed by atoms with van der Waals surface area (Å²) in [5, 5.41) is 0. The van der Waals surface area contributed by atoms with Gasteiger partial charge in [-0.1, -0.05) is 36.5 Å². The van der Waals surface area contributed by atoms with Crippen molar-refractivity contribution in [3.63, 3.8) is 0 Å². The zero-order valence-electron chi connectivity index (χ0n) is 12.8. The highest BCUT2D eigenvalue weighted by atomic mass is 31.2. The highest BCUT2D eigenvalue weighted by Crippen LogP contribution is 2.62. The van der Waals surface area contributed by atoms with Gasteiger partial charge < -0.3 is 4.52 Å². The molecule has 3 aliphatic carbocycles. The van der Waals surface area contributed by atoms with Crippen LogP contribution in [0.1, 0.15) is 57.8 Å². The van der Waals surface area contributed by atoms with Crippen molar-refractivity contribution in [1.82, 2.24) is 0 Å². The highest BCUT2D eigenvalue weighted by Gasteiger charge is 2.41. The van der Waals surface area contributed by atoms with Crippen LogP contribution in [0, 0.1) is 0 Å². The molecule has 0 N–H and O–H groups in total. The van der Waals surface area contributed by atoms with Crippen molar-refractivity contribution in [3.8, 4) is 0 Å².